The Labute approximate surface area is 136 Å². The van der Waals surface area contributed by atoms with Crippen molar-refractivity contribution < 1.29 is 18.3 Å². The zero-order valence-electron chi connectivity index (χ0n) is 12.5. The summed E-state index contributed by atoms with van der Waals surface area (Å²) in [5.41, 5.74) is 0.519. The largest absolute Gasteiger partial charge is 0.416 e. The zero-order valence-corrected chi connectivity index (χ0v) is 12.5. The molecule has 0 spiro atoms. The van der Waals surface area contributed by atoms with Crippen LogP contribution in [0.3, 0.4) is 0 Å². The van der Waals surface area contributed by atoms with Crippen molar-refractivity contribution in [2.45, 2.75) is 18.8 Å². The molecule has 0 saturated heterocycles. The first-order valence-electron chi connectivity index (χ1n) is 7.22. The second kappa shape index (κ2) is 6.45. The first-order chi connectivity index (χ1) is 11.4. The SMILES string of the molecule is OC(Cn1ccnc1-c1ccncc1)c1ccc(C(F)(F)F)cc1. The topological polar surface area (TPSA) is 50.9 Å². The highest BCUT2D eigenvalue weighted by Gasteiger charge is 2.30. The van der Waals surface area contributed by atoms with Gasteiger partial charge in [-0.2, -0.15) is 13.2 Å². The number of aromatic nitrogens is 3. The van der Waals surface area contributed by atoms with Crippen molar-refractivity contribution in [1.82, 2.24) is 14.5 Å². The molecule has 1 N–H and O–H groups in total. The van der Waals surface area contributed by atoms with Crippen molar-refractivity contribution in [2.24, 2.45) is 0 Å². The Morgan fingerprint density at radius 3 is 2.29 bits per heavy atom. The van der Waals surface area contributed by atoms with Gasteiger partial charge >= 0.3 is 6.18 Å². The van der Waals surface area contributed by atoms with Crippen LogP contribution in [-0.4, -0.2) is 19.6 Å². The Kier molecular flexibility index (Phi) is 4.35. The molecule has 124 valence electrons. The number of halogens is 3. The standard InChI is InChI=1S/C17H14F3N3O/c18-17(19,20)14-3-1-12(2-4-14)15(24)11-23-10-9-22-16(23)13-5-7-21-8-6-13/h1-10,15,24H,11H2. The summed E-state index contributed by atoms with van der Waals surface area (Å²) >= 11 is 0. The number of hydrogen-bond donors (Lipinski definition) is 1. The van der Waals surface area contributed by atoms with Crippen LogP contribution in [0.25, 0.3) is 11.4 Å². The number of alkyl halides is 3. The normalized spacial score (nSPS) is 13.0. The minimum absolute atomic E-state index is 0.184. The number of aliphatic hydroxyl groups is 1. The molecule has 0 fully saturated rings. The van der Waals surface area contributed by atoms with Gasteiger partial charge in [0.1, 0.15) is 5.82 Å². The third kappa shape index (κ3) is 3.46. The fourth-order valence-corrected chi connectivity index (χ4v) is 2.40. The van der Waals surface area contributed by atoms with Crippen molar-refractivity contribution >= 4 is 0 Å². The Morgan fingerprint density at radius 2 is 1.67 bits per heavy atom. The number of hydrogen-bond acceptors (Lipinski definition) is 3. The summed E-state index contributed by atoms with van der Waals surface area (Å²) in [6.07, 6.45) is 1.27. The van der Waals surface area contributed by atoms with Crippen LogP contribution in [0.1, 0.15) is 17.2 Å². The summed E-state index contributed by atoms with van der Waals surface area (Å²) in [5.74, 6) is 0.656. The van der Waals surface area contributed by atoms with Gasteiger partial charge in [0, 0.05) is 30.4 Å². The lowest BCUT2D eigenvalue weighted by atomic mass is 10.1. The van der Waals surface area contributed by atoms with E-state index in [0.717, 1.165) is 17.7 Å². The lowest BCUT2D eigenvalue weighted by molar-refractivity contribution is -0.137. The lowest BCUT2D eigenvalue weighted by Gasteiger charge is -2.15. The molecular weight excluding hydrogens is 319 g/mol. The molecule has 1 aromatic carbocycles. The van der Waals surface area contributed by atoms with Crippen molar-refractivity contribution in [3.05, 3.63) is 72.3 Å². The van der Waals surface area contributed by atoms with E-state index >= 15 is 0 Å². The van der Waals surface area contributed by atoms with E-state index in [1.807, 2.05) is 0 Å². The van der Waals surface area contributed by atoms with Gasteiger partial charge in [0.25, 0.3) is 0 Å². The van der Waals surface area contributed by atoms with Gasteiger partial charge in [0.2, 0.25) is 0 Å². The van der Waals surface area contributed by atoms with Gasteiger partial charge in [-0.3, -0.25) is 4.98 Å². The number of rotatable bonds is 4. The van der Waals surface area contributed by atoms with Crippen LogP contribution < -0.4 is 0 Å². The van der Waals surface area contributed by atoms with Gasteiger partial charge in [-0.25, -0.2) is 4.98 Å². The van der Waals surface area contributed by atoms with Crippen LogP contribution in [0, 0.1) is 0 Å². The Bertz CT molecular complexity index is 798. The van der Waals surface area contributed by atoms with E-state index in [2.05, 4.69) is 9.97 Å². The molecule has 2 aromatic heterocycles. The van der Waals surface area contributed by atoms with Crippen LogP contribution >= 0.6 is 0 Å². The third-order valence-electron chi connectivity index (χ3n) is 3.65. The third-order valence-corrected chi connectivity index (χ3v) is 3.65. The molecule has 4 nitrogen and oxygen atoms in total. The zero-order chi connectivity index (χ0) is 17.2. The van der Waals surface area contributed by atoms with Crippen LogP contribution in [0.4, 0.5) is 13.2 Å². The number of benzene rings is 1. The molecule has 3 aromatic rings. The Hall–Kier alpha value is -2.67. The van der Waals surface area contributed by atoms with E-state index < -0.39 is 17.8 Å². The van der Waals surface area contributed by atoms with Crippen LogP contribution in [0.5, 0.6) is 0 Å². The van der Waals surface area contributed by atoms with Crippen LogP contribution in [0.2, 0.25) is 0 Å². The Morgan fingerprint density at radius 1 is 1.00 bits per heavy atom. The van der Waals surface area contributed by atoms with E-state index in [9.17, 15) is 18.3 Å². The van der Waals surface area contributed by atoms with Crippen molar-refractivity contribution in [1.29, 1.82) is 0 Å². The maximum atomic E-state index is 12.6. The molecule has 1 unspecified atom stereocenters. The van der Waals surface area contributed by atoms with Gasteiger partial charge < -0.3 is 9.67 Å². The summed E-state index contributed by atoms with van der Waals surface area (Å²) in [7, 11) is 0. The highest BCUT2D eigenvalue weighted by Crippen LogP contribution is 2.30. The molecule has 0 saturated carbocycles. The molecule has 0 radical (unpaired) electrons. The van der Waals surface area contributed by atoms with E-state index in [1.165, 1.54) is 12.1 Å². The minimum atomic E-state index is -4.39. The molecule has 0 aliphatic heterocycles. The second-order valence-corrected chi connectivity index (χ2v) is 5.27. The summed E-state index contributed by atoms with van der Waals surface area (Å²) in [6, 6.07) is 8.10. The molecule has 0 aliphatic carbocycles. The van der Waals surface area contributed by atoms with Crippen molar-refractivity contribution in [3.63, 3.8) is 0 Å². The predicted molar refractivity (Wildman–Crippen MR) is 81.9 cm³/mol. The molecule has 0 aliphatic rings. The van der Waals surface area contributed by atoms with Gasteiger partial charge in [-0.05, 0) is 29.8 Å². The number of pyridine rings is 1. The first kappa shape index (κ1) is 16.2. The fraction of sp³-hybridized carbons (Fsp3) is 0.176. The maximum Gasteiger partial charge on any atom is 0.416 e. The van der Waals surface area contributed by atoms with Gasteiger partial charge in [0.15, 0.2) is 0 Å². The van der Waals surface area contributed by atoms with Gasteiger partial charge in [0.05, 0.1) is 18.2 Å². The van der Waals surface area contributed by atoms with Gasteiger partial charge in [-0.15, -0.1) is 0 Å². The average Bonchev–Trinajstić information content (AvgIpc) is 3.03. The molecule has 3 rings (SSSR count). The first-order valence-corrected chi connectivity index (χ1v) is 7.22. The number of aliphatic hydroxyl groups excluding tert-OH is 1. The summed E-state index contributed by atoms with van der Waals surface area (Å²) < 4.78 is 39.5. The second-order valence-electron chi connectivity index (χ2n) is 5.27. The lowest BCUT2D eigenvalue weighted by Crippen LogP contribution is -2.10. The van der Waals surface area contributed by atoms with Crippen LogP contribution in [0.15, 0.2) is 61.2 Å². The van der Waals surface area contributed by atoms with Gasteiger partial charge in [-0.1, -0.05) is 12.1 Å². The fourth-order valence-electron chi connectivity index (χ4n) is 2.40. The molecule has 24 heavy (non-hydrogen) atoms. The van der Waals surface area contributed by atoms with Crippen molar-refractivity contribution in [3.8, 4) is 11.4 Å². The van der Waals surface area contributed by atoms with E-state index in [-0.39, 0.29) is 6.54 Å². The average molecular weight is 333 g/mol. The number of nitrogens with zero attached hydrogens (tertiary/aromatic N) is 3. The van der Waals surface area contributed by atoms with E-state index in [4.69, 9.17) is 0 Å². The molecule has 1 atom stereocenters. The smallest absolute Gasteiger partial charge is 0.387 e. The summed E-state index contributed by atoms with van der Waals surface area (Å²) in [5, 5.41) is 10.3. The number of imidazole rings is 1. The highest BCUT2D eigenvalue weighted by molar-refractivity contribution is 5.54. The molecule has 0 bridgehead atoms. The van der Waals surface area contributed by atoms with Crippen LogP contribution in [-0.2, 0) is 12.7 Å². The Balaban J connectivity index is 1.79. The predicted octanol–water partition coefficient (Wildman–Crippen LogP) is 3.70. The molecule has 0 amide bonds. The molecule has 7 heteroatoms. The summed E-state index contributed by atoms with van der Waals surface area (Å²) in [6.45, 7) is 0.184. The monoisotopic (exact) mass is 333 g/mol. The van der Waals surface area contributed by atoms with Crippen molar-refractivity contribution in [2.75, 3.05) is 0 Å². The quantitative estimate of drug-likeness (QED) is 0.792. The molecule has 2 heterocycles. The van der Waals surface area contributed by atoms with E-state index in [1.54, 1.807) is 41.5 Å². The molecular formula is C17H14F3N3O. The maximum absolute atomic E-state index is 12.6. The minimum Gasteiger partial charge on any atom is -0.387 e. The van der Waals surface area contributed by atoms with E-state index in [0.29, 0.717) is 11.4 Å². The summed E-state index contributed by atoms with van der Waals surface area (Å²) in [4.78, 5) is 8.20. The highest BCUT2D eigenvalue weighted by atomic mass is 19.4.